The van der Waals surface area contributed by atoms with E-state index < -0.39 is 4.92 Å². The molecule has 0 amide bonds. The van der Waals surface area contributed by atoms with E-state index >= 15 is 0 Å². The molecule has 0 aliphatic rings. The van der Waals surface area contributed by atoms with E-state index in [0.717, 1.165) is 18.7 Å². The Morgan fingerprint density at radius 3 is 2.90 bits per heavy atom. The number of nitro benzene ring substituents is 1. The molecule has 2 rings (SSSR count). The Kier molecular flexibility index (Phi) is 4.63. The summed E-state index contributed by atoms with van der Waals surface area (Å²) in [6.07, 6.45) is 3.10. The number of benzene rings is 1. The summed E-state index contributed by atoms with van der Waals surface area (Å²) in [5.74, 6) is 0. The summed E-state index contributed by atoms with van der Waals surface area (Å²) in [7, 11) is 0. The fourth-order valence-electron chi connectivity index (χ4n) is 2.02. The van der Waals surface area contributed by atoms with Crippen LogP contribution in [0.1, 0.15) is 19.0 Å². The summed E-state index contributed by atoms with van der Waals surface area (Å²) < 4.78 is 2.16. The molecule has 1 aromatic carbocycles. The third kappa shape index (κ3) is 3.30. The number of anilines is 1. The summed E-state index contributed by atoms with van der Waals surface area (Å²) >= 11 is 5.78. The first-order chi connectivity index (χ1) is 9.61. The molecule has 0 saturated carbocycles. The number of nitrogens with one attached hydrogen (secondary N) is 1. The molecule has 0 unspecified atom stereocenters. The van der Waals surface area contributed by atoms with E-state index in [9.17, 15) is 10.1 Å². The standard InChI is InChI=1S/C14H16ClN3O2/c1-2-7-17-8-3-4-12(17)10-16-11-5-6-13(15)14(9-11)18(19)20/h3-6,8-9,16H,2,7,10H2,1H3. The highest BCUT2D eigenvalue weighted by Gasteiger charge is 2.12. The fraction of sp³-hybridized carbons (Fsp3) is 0.286. The molecule has 0 aliphatic carbocycles. The summed E-state index contributed by atoms with van der Waals surface area (Å²) in [4.78, 5) is 10.4. The van der Waals surface area contributed by atoms with Gasteiger partial charge in [-0.15, -0.1) is 0 Å². The Hall–Kier alpha value is -2.01. The van der Waals surface area contributed by atoms with Crippen molar-refractivity contribution >= 4 is 23.0 Å². The average Bonchev–Trinajstić information content (AvgIpc) is 2.85. The molecule has 0 atom stereocenters. The van der Waals surface area contributed by atoms with Gasteiger partial charge in [-0.1, -0.05) is 18.5 Å². The molecule has 0 radical (unpaired) electrons. The second-order valence-electron chi connectivity index (χ2n) is 4.47. The number of hydrogen-bond acceptors (Lipinski definition) is 3. The van der Waals surface area contributed by atoms with Crippen molar-refractivity contribution in [2.24, 2.45) is 0 Å². The Morgan fingerprint density at radius 2 is 2.20 bits per heavy atom. The zero-order valence-electron chi connectivity index (χ0n) is 11.2. The van der Waals surface area contributed by atoms with Crippen molar-refractivity contribution in [1.82, 2.24) is 4.57 Å². The molecular formula is C14H16ClN3O2. The van der Waals surface area contributed by atoms with Crippen molar-refractivity contribution < 1.29 is 4.92 Å². The summed E-state index contributed by atoms with van der Waals surface area (Å²) in [6.45, 7) is 3.70. The SMILES string of the molecule is CCCn1cccc1CNc1ccc(Cl)c([N+](=O)[O-])c1. The van der Waals surface area contributed by atoms with Crippen LogP contribution in [0.3, 0.4) is 0 Å². The highest BCUT2D eigenvalue weighted by atomic mass is 35.5. The lowest BCUT2D eigenvalue weighted by Crippen LogP contribution is -2.07. The van der Waals surface area contributed by atoms with Crippen molar-refractivity contribution in [3.8, 4) is 0 Å². The molecule has 1 heterocycles. The van der Waals surface area contributed by atoms with Crippen molar-refractivity contribution in [3.63, 3.8) is 0 Å². The number of hydrogen-bond donors (Lipinski definition) is 1. The third-order valence-electron chi connectivity index (χ3n) is 3.00. The van der Waals surface area contributed by atoms with Crippen LogP contribution in [0.15, 0.2) is 36.5 Å². The summed E-state index contributed by atoms with van der Waals surface area (Å²) in [5.41, 5.74) is 1.75. The van der Waals surface area contributed by atoms with Gasteiger partial charge in [0.2, 0.25) is 0 Å². The van der Waals surface area contributed by atoms with Crippen molar-refractivity contribution in [1.29, 1.82) is 0 Å². The van der Waals surface area contributed by atoms with Crippen molar-refractivity contribution in [2.75, 3.05) is 5.32 Å². The molecule has 6 heteroatoms. The molecular weight excluding hydrogens is 278 g/mol. The number of nitro groups is 1. The zero-order valence-corrected chi connectivity index (χ0v) is 11.9. The predicted octanol–water partition coefficient (Wildman–Crippen LogP) is 4.07. The smallest absolute Gasteiger partial charge is 0.289 e. The maximum Gasteiger partial charge on any atom is 0.289 e. The Morgan fingerprint density at radius 1 is 1.40 bits per heavy atom. The fourth-order valence-corrected chi connectivity index (χ4v) is 2.21. The predicted molar refractivity (Wildman–Crippen MR) is 80.2 cm³/mol. The van der Waals surface area contributed by atoms with E-state index in [1.165, 1.54) is 12.1 Å². The minimum absolute atomic E-state index is 0.0828. The minimum atomic E-state index is -0.479. The second-order valence-corrected chi connectivity index (χ2v) is 4.88. The first-order valence-electron chi connectivity index (χ1n) is 6.43. The van der Waals surface area contributed by atoms with Gasteiger partial charge in [0, 0.05) is 30.2 Å². The first kappa shape index (κ1) is 14.4. The van der Waals surface area contributed by atoms with E-state index in [2.05, 4.69) is 16.8 Å². The lowest BCUT2D eigenvalue weighted by Gasteiger charge is -2.10. The van der Waals surface area contributed by atoms with Gasteiger partial charge in [0.25, 0.3) is 5.69 Å². The van der Waals surface area contributed by atoms with E-state index in [4.69, 9.17) is 11.6 Å². The van der Waals surface area contributed by atoms with Crippen LogP contribution in [-0.4, -0.2) is 9.49 Å². The highest BCUT2D eigenvalue weighted by molar-refractivity contribution is 6.32. The maximum atomic E-state index is 10.8. The largest absolute Gasteiger partial charge is 0.379 e. The van der Waals surface area contributed by atoms with E-state index in [1.807, 2.05) is 18.3 Å². The van der Waals surface area contributed by atoms with Crippen LogP contribution in [0.4, 0.5) is 11.4 Å². The van der Waals surface area contributed by atoms with Crippen LogP contribution >= 0.6 is 11.6 Å². The van der Waals surface area contributed by atoms with Crippen LogP contribution in [0, 0.1) is 10.1 Å². The molecule has 0 spiro atoms. The average molecular weight is 294 g/mol. The van der Waals surface area contributed by atoms with Crippen LogP contribution in [0.5, 0.6) is 0 Å². The van der Waals surface area contributed by atoms with Crippen LogP contribution in [0.2, 0.25) is 5.02 Å². The molecule has 1 aromatic heterocycles. The van der Waals surface area contributed by atoms with E-state index in [0.29, 0.717) is 12.2 Å². The second kappa shape index (κ2) is 6.43. The molecule has 5 nitrogen and oxygen atoms in total. The monoisotopic (exact) mass is 293 g/mol. The molecule has 1 N–H and O–H groups in total. The third-order valence-corrected chi connectivity index (χ3v) is 3.32. The molecule has 20 heavy (non-hydrogen) atoms. The molecule has 0 bridgehead atoms. The lowest BCUT2D eigenvalue weighted by molar-refractivity contribution is -0.384. The Balaban J connectivity index is 2.09. The highest BCUT2D eigenvalue weighted by Crippen LogP contribution is 2.27. The number of halogens is 1. The van der Waals surface area contributed by atoms with Crippen molar-refractivity contribution in [2.45, 2.75) is 26.4 Å². The quantitative estimate of drug-likeness (QED) is 0.645. The van der Waals surface area contributed by atoms with Gasteiger partial charge in [-0.3, -0.25) is 10.1 Å². The minimum Gasteiger partial charge on any atom is -0.379 e. The number of aryl methyl sites for hydroxylation is 1. The van der Waals surface area contributed by atoms with Crippen molar-refractivity contribution in [3.05, 3.63) is 57.4 Å². The topological polar surface area (TPSA) is 60.1 Å². The lowest BCUT2D eigenvalue weighted by atomic mass is 10.2. The van der Waals surface area contributed by atoms with Gasteiger partial charge >= 0.3 is 0 Å². The van der Waals surface area contributed by atoms with Gasteiger partial charge in [0.15, 0.2) is 0 Å². The molecule has 0 fully saturated rings. The Labute approximate surface area is 122 Å². The number of aromatic nitrogens is 1. The molecule has 106 valence electrons. The molecule has 0 saturated heterocycles. The van der Waals surface area contributed by atoms with E-state index in [-0.39, 0.29) is 10.7 Å². The van der Waals surface area contributed by atoms with Gasteiger partial charge in [-0.05, 0) is 30.7 Å². The first-order valence-corrected chi connectivity index (χ1v) is 6.81. The van der Waals surface area contributed by atoms with Crippen LogP contribution in [-0.2, 0) is 13.1 Å². The number of rotatable bonds is 6. The Bertz CT molecular complexity index is 610. The van der Waals surface area contributed by atoms with Crippen LogP contribution < -0.4 is 5.32 Å². The number of nitrogens with zero attached hydrogens (tertiary/aromatic N) is 2. The van der Waals surface area contributed by atoms with Gasteiger partial charge in [-0.2, -0.15) is 0 Å². The van der Waals surface area contributed by atoms with Gasteiger partial charge in [0.1, 0.15) is 5.02 Å². The molecule has 2 aromatic rings. The maximum absolute atomic E-state index is 10.8. The summed E-state index contributed by atoms with van der Waals surface area (Å²) in [5, 5.41) is 14.2. The van der Waals surface area contributed by atoms with Crippen LogP contribution in [0.25, 0.3) is 0 Å². The normalized spacial score (nSPS) is 10.5. The molecule has 0 aliphatic heterocycles. The van der Waals surface area contributed by atoms with E-state index in [1.54, 1.807) is 6.07 Å². The zero-order chi connectivity index (χ0) is 14.5. The summed E-state index contributed by atoms with van der Waals surface area (Å²) in [6, 6.07) is 8.76. The van der Waals surface area contributed by atoms with Gasteiger partial charge < -0.3 is 9.88 Å². The van der Waals surface area contributed by atoms with Gasteiger partial charge in [0.05, 0.1) is 11.5 Å². The van der Waals surface area contributed by atoms with Gasteiger partial charge in [-0.25, -0.2) is 0 Å².